The molecule has 7 nitrogen and oxygen atoms in total. The molecule has 2 heterocycles. The molecule has 0 spiro atoms. The molecule has 2 amide bonds. The first-order valence-electron chi connectivity index (χ1n) is 13.2. The van der Waals surface area contributed by atoms with Gasteiger partial charge in [0.2, 0.25) is 5.91 Å². The highest BCUT2D eigenvalue weighted by Crippen LogP contribution is 2.29. The molecule has 2 saturated heterocycles. The summed E-state index contributed by atoms with van der Waals surface area (Å²) in [7, 11) is 3.78. The highest BCUT2D eigenvalue weighted by Gasteiger charge is 2.30. The molecule has 0 bridgehead atoms. The normalized spacial score (nSPS) is 16.7. The van der Waals surface area contributed by atoms with Gasteiger partial charge in [0.05, 0.1) is 12.8 Å². The van der Waals surface area contributed by atoms with Gasteiger partial charge in [-0.05, 0) is 68.7 Å². The molecule has 0 radical (unpaired) electrons. The van der Waals surface area contributed by atoms with E-state index in [1.165, 1.54) is 12.8 Å². The van der Waals surface area contributed by atoms with Crippen molar-refractivity contribution in [3.05, 3.63) is 72.3 Å². The average Bonchev–Trinajstić information content (AvgIpc) is 2.96. The lowest BCUT2D eigenvalue weighted by Crippen LogP contribution is -2.55. The summed E-state index contributed by atoms with van der Waals surface area (Å²) in [6, 6.07) is 21.5. The number of benzene rings is 3. The van der Waals surface area contributed by atoms with Crippen LogP contribution in [-0.4, -0.2) is 92.5 Å². The zero-order valence-electron chi connectivity index (χ0n) is 22.6. The maximum absolute atomic E-state index is 13.8. The molecule has 0 saturated carbocycles. The number of amides is 2. The molecule has 9 heteroatoms. The van der Waals surface area contributed by atoms with Crippen LogP contribution in [0.4, 0.5) is 5.69 Å². The first-order valence-corrected chi connectivity index (χ1v) is 13.2. The van der Waals surface area contributed by atoms with E-state index >= 15 is 0 Å². The van der Waals surface area contributed by atoms with E-state index in [1.807, 2.05) is 47.4 Å². The Labute approximate surface area is 243 Å². The lowest BCUT2D eigenvalue weighted by atomic mass is 10.0. The Morgan fingerprint density at radius 3 is 2.15 bits per heavy atom. The fraction of sp³-hybridized carbons (Fsp3) is 0.400. The number of likely N-dealkylation sites (tertiary alicyclic amines) is 1. The van der Waals surface area contributed by atoms with E-state index in [0.29, 0.717) is 30.4 Å². The zero-order valence-corrected chi connectivity index (χ0v) is 24.3. The van der Waals surface area contributed by atoms with Crippen LogP contribution in [0, 0.1) is 0 Å². The fourth-order valence-corrected chi connectivity index (χ4v) is 5.53. The smallest absolute Gasteiger partial charge is 0.258 e. The monoisotopic (exact) mass is 572 g/mol. The van der Waals surface area contributed by atoms with Gasteiger partial charge in [0, 0.05) is 43.2 Å². The van der Waals surface area contributed by atoms with Crippen LogP contribution in [-0.2, 0) is 4.79 Å². The van der Waals surface area contributed by atoms with Gasteiger partial charge < -0.3 is 14.5 Å². The topological polar surface area (TPSA) is 56.3 Å². The van der Waals surface area contributed by atoms with Crippen LogP contribution >= 0.6 is 24.8 Å². The number of hydrogen-bond acceptors (Lipinski definition) is 5. The van der Waals surface area contributed by atoms with Gasteiger partial charge in [-0.25, -0.2) is 0 Å². The summed E-state index contributed by atoms with van der Waals surface area (Å²) in [5, 5.41) is 1.98. The second-order valence-corrected chi connectivity index (χ2v) is 10.1. The number of nitrogens with zero attached hydrogens (tertiary/aromatic N) is 4. The molecule has 0 atom stereocenters. The minimum Gasteiger partial charge on any atom is -0.497 e. The number of methoxy groups -OCH3 is 1. The van der Waals surface area contributed by atoms with Gasteiger partial charge >= 0.3 is 0 Å². The van der Waals surface area contributed by atoms with E-state index < -0.39 is 0 Å². The van der Waals surface area contributed by atoms with Crippen LogP contribution in [0.5, 0.6) is 5.75 Å². The van der Waals surface area contributed by atoms with Crippen molar-refractivity contribution < 1.29 is 14.3 Å². The minimum atomic E-state index is -0.197. The predicted molar refractivity (Wildman–Crippen MR) is 162 cm³/mol. The van der Waals surface area contributed by atoms with Gasteiger partial charge in [0.25, 0.3) is 5.91 Å². The minimum absolute atomic E-state index is 0. The summed E-state index contributed by atoms with van der Waals surface area (Å²) < 4.78 is 5.26. The lowest BCUT2D eigenvalue weighted by Gasteiger charge is -2.42. The highest BCUT2D eigenvalue weighted by atomic mass is 35.5. The number of fused-ring (bicyclic) bond motifs is 1. The van der Waals surface area contributed by atoms with E-state index in [-0.39, 0.29) is 43.2 Å². The molecular formula is C30H38Cl2N4O3. The summed E-state index contributed by atoms with van der Waals surface area (Å²) in [4.78, 5) is 35.8. The van der Waals surface area contributed by atoms with Crippen LogP contribution in [0.3, 0.4) is 0 Å². The summed E-state index contributed by atoms with van der Waals surface area (Å²) >= 11 is 0. The molecule has 0 aliphatic carbocycles. The third-order valence-corrected chi connectivity index (χ3v) is 7.80. The first kappa shape index (κ1) is 30.7. The molecule has 39 heavy (non-hydrogen) atoms. The molecule has 0 N–H and O–H groups in total. The summed E-state index contributed by atoms with van der Waals surface area (Å²) in [5.41, 5.74) is 1.27. The second-order valence-electron chi connectivity index (χ2n) is 10.1. The summed E-state index contributed by atoms with van der Waals surface area (Å²) in [5.74, 6) is 0.474. The SMILES string of the molecule is COc1ccc(C(=O)N(CC(=O)N2CCN(C3CCN(C)CC3)CC2)c2cccc3ccccc23)cc1.Cl.Cl. The number of carbonyl (C=O) groups excluding carboxylic acids is 2. The second kappa shape index (κ2) is 14.0. The van der Waals surface area contributed by atoms with Gasteiger partial charge in [-0.2, -0.15) is 0 Å². The van der Waals surface area contributed by atoms with Crippen molar-refractivity contribution in [2.45, 2.75) is 18.9 Å². The summed E-state index contributed by atoms with van der Waals surface area (Å²) in [6.45, 7) is 5.46. The first-order chi connectivity index (χ1) is 18.0. The molecule has 2 aliphatic rings. The molecule has 0 aromatic heterocycles. The van der Waals surface area contributed by atoms with Gasteiger partial charge in [0.1, 0.15) is 12.3 Å². The number of piperazine rings is 1. The lowest BCUT2D eigenvalue weighted by molar-refractivity contribution is -0.131. The fourth-order valence-electron chi connectivity index (χ4n) is 5.53. The van der Waals surface area contributed by atoms with E-state index in [4.69, 9.17) is 4.74 Å². The number of piperidine rings is 1. The third-order valence-electron chi connectivity index (χ3n) is 7.80. The maximum atomic E-state index is 13.8. The van der Waals surface area contributed by atoms with Crippen LogP contribution in [0.15, 0.2) is 66.7 Å². The van der Waals surface area contributed by atoms with Crippen molar-refractivity contribution in [3.63, 3.8) is 0 Å². The molecule has 2 fully saturated rings. The number of rotatable bonds is 6. The molecule has 3 aromatic rings. The largest absolute Gasteiger partial charge is 0.497 e. The Hall–Kier alpha value is -2.84. The molecule has 0 unspecified atom stereocenters. The molecule has 5 rings (SSSR count). The molecule has 3 aromatic carbocycles. The Balaban J connectivity index is 0.00000210. The van der Waals surface area contributed by atoms with Crippen molar-refractivity contribution >= 4 is 53.1 Å². The van der Waals surface area contributed by atoms with Crippen LogP contribution < -0.4 is 9.64 Å². The average molecular weight is 574 g/mol. The number of hydrogen-bond donors (Lipinski definition) is 0. The Kier molecular flexibility index (Phi) is 11.0. The Bertz CT molecular complexity index is 1240. The van der Waals surface area contributed by atoms with Crippen molar-refractivity contribution in [3.8, 4) is 5.75 Å². The van der Waals surface area contributed by atoms with E-state index in [2.05, 4.69) is 16.8 Å². The van der Waals surface area contributed by atoms with E-state index in [9.17, 15) is 9.59 Å². The van der Waals surface area contributed by atoms with Crippen molar-refractivity contribution in [2.24, 2.45) is 0 Å². The van der Waals surface area contributed by atoms with Crippen LogP contribution in [0.1, 0.15) is 23.2 Å². The van der Waals surface area contributed by atoms with Crippen LogP contribution in [0.2, 0.25) is 0 Å². The highest BCUT2D eigenvalue weighted by molar-refractivity contribution is 6.13. The number of carbonyl (C=O) groups is 2. The maximum Gasteiger partial charge on any atom is 0.258 e. The van der Waals surface area contributed by atoms with Crippen molar-refractivity contribution in [1.29, 1.82) is 0 Å². The van der Waals surface area contributed by atoms with Gasteiger partial charge in [0.15, 0.2) is 0 Å². The third kappa shape index (κ3) is 7.03. The van der Waals surface area contributed by atoms with Gasteiger partial charge in [-0.1, -0.05) is 36.4 Å². The number of ether oxygens (including phenoxy) is 1. The van der Waals surface area contributed by atoms with Crippen molar-refractivity contribution in [2.75, 3.05) is 64.9 Å². The van der Waals surface area contributed by atoms with Gasteiger partial charge in [-0.15, -0.1) is 24.8 Å². The van der Waals surface area contributed by atoms with E-state index in [0.717, 1.165) is 42.6 Å². The molecule has 2 aliphatic heterocycles. The molecular weight excluding hydrogens is 535 g/mol. The van der Waals surface area contributed by atoms with E-state index in [1.54, 1.807) is 36.3 Å². The Morgan fingerprint density at radius 2 is 1.49 bits per heavy atom. The molecule has 210 valence electrons. The van der Waals surface area contributed by atoms with Gasteiger partial charge in [-0.3, -0.25) is 19.4 Å². The number of halogens is 2. The standard InChI is InChI=1S/C30H36N4O3.2ClH/c1-31-16-14-25(15-17-31)32-18-20-33(21-19-32)29(35)22-34(30(36)24-10-12-26(37-2)13-11-24)28-9-5-7-23-6-3-4-8-27(23)28;;/h3-13,25H,14-22H2,1-2H3;2*1H. The summed E-state index contributed by atoms with van der Waals surface area (Å²) in [6.07, 6.45) is 2.38. The number of anilines is 1. The Morgan fingerprint density at radius 1 is 0.846 bits per heavy atom. The zero-order chi connectivity index (χ0) is 25.8. The predicted octanol–water partition coefficient (Wildman–Crippen LogP) is 4.58. The van der Waals surface area contributed by atoms with Crippen LogP contribution in [0.25, 0.3) is 10.8 Å². The quantitative estimate of drug-likeness (QED) is 0.433. The van der Waals surface area contributed by atoms with Crippen molar-refractivity contribution in [1.82, 2.24) is 14.7 Å².